The number of H-pyrrole nitrogens is 1. The summed E-state index contributed by atoms with van der Waals surface area (Å²) in [5.41, 5.74) is 0. The van der Waals surface area contributed by atoms with E-state index >= 15 is 0 Å². The summed E-state index contributed by atoms with van der Waals surface area (Å²) in [4.78, 5) is 5.53. The van der Waals surface area contributed by atoms with Gasteiger partial charge in [0.05, 0.1) is 0 Å². The van der Waals surface area contributed by atoms with Gasteiger partial charge < -0.3 is 20.5 Å². The molecule has 15 heavy (non-hydrogen) atoms. The fraction of sp³-hybridized carbons (Fsp3) is 0.636. The second-order valence-corrected chi connectivity index (χ2v) is 4.21. The summed E-state index contributed by atoms with van der Waals surface area (Å²) in [6, 6.07) is 4.70. The number of anilines is 1. The Morgan fingerprint density at radius 3 is 3.27 bits per heavy atom. The predicted octanol–water partition coefficient (Wildman–Crippen LogP) is 0.720. The summed E-state index contributed by atoms with van der Waals surface area (Å²) in [5.74, 6) is 1.11. The van der Waals surface area contributed by atoms with Gasteiger partial charge in [0.2, 0.25) is 0 Å². The molecule has 0 saturated carbocycles. The normalized spacial score (nSPS) is 22.9. The second-order valence-electron chi connectivity index (χ2n) is 4.21. The van der Waals surface area contributed by atoms with E-state index in [2.05, 4.69) is 33.6 Å². The van der Waals surface area contributed by atoms with Crippen LogP contribution >= 0.6 is 0 Å². The molecule has 1 aromatic rings. The molecule has 2 rings (SSSR count). The molecule has 2 heterocycles. The Morgan fingerprint density at radius 2 is 2.53 bits per heavy atom. The molecule has 1 aromatic heterocycles. The van der Waals surface area contributed by atoms with E-state index in [4.69, 9.17) is 0 Å². The Bertz CT molecular complexity index is 270. The SMILES string of the molecule is CN1CCNC(CCNc2ccc[nH]2)C1. The predicted molar refractivity (Wildman–Crippen MR) is 63.2 cm³/mol. The number of nitrogens with one attached hydrogen (secondary N) is 3. The molecule has 1 fully saturated rings. The monoisotopic (exact) mass is 208 g/mol. The lowest BCUT2D eigenvalue weighted by atomic mass is 10.1. The van der Waals surface area contributed by atoms with E-state index < -0.39 is 0 Å². The standard InChI is InChI=1S/C11H20N4/c1-15-8-7-12-10(9-15)4-6-14-11-3-2-5-13-11/h2-3,5,10,12-14H,4,6-9H2,1H3. The summed E-state index contributed by atoms with van der Waals surface area (Å²) in [7, 11) is 2.19. The van der Waals surface area contributed by atoms with Crippen molar-refractivity contribution in [2.24, 2.45) is 0 Å². The molecule has 1 saturated heterocycles. The highest BCUT2D eigenvalue weighted by Gasteiger charge is 2.15. The third kappa shape index (κ3) is 3.25. The molecule has 1 aliphatic rings. The molecule has 4 nitrogen and oxygen atoms in total. The minimum atomic E-state index is 0.631. The zero-order chi connectivity index (χ0) is 10.5. The summed E-state index contributed by atoms with van der Waals surface area (Å²) in [6.07, 6.45) is 3.11. The van der Waals surface area contributed by atoms with E-state index in [1.165, 1.54) is 13.0 Å². The molecule has 0 aliphatic carbocycles. The van der Waals surface area contributed by atoms with E-state index in [1.807, 2.05) is 12.3 Å². The summed E-state index contributed by atoms with van der Waals surface area (Å²) >= 11 is 0. The summed E-state index contributed by atoms with van der Waals surface area (Å²) in [5, 5.41) is 6.91. The Labute approximate surface area is 91.0 Å². The van der Waals surface area contributed by atoms with Crippen molar-refractivity contribution >= 4 is 5.82 Å². The van der Waals surface area contributed by atoms with Gasteiger partial charge in [0.1, 0.15) is 5.82 Å². The molecule has 1 unspecified atom stereocenters. The molecule has 84 valence electrons. The van der Waals surface area contributed by atoms with Crippen molar-refractivity contribution in [2.45, 2.75) is 12.5 Å². The average molecular weight is 208 g/mol. The number of piperazine rings is 1. The van der Waals surface area contributed by atoms with Gasteiger partial charge in [-0.3, -0.25) is 0 Å². The van der Waals surface area contributed by atoms with Gasteiger partial charge in [-0.1, -0.05) is 0 Å². The smallest absolute Gasteiger partial charge is 0.103 e. The average Bonchev–Trinajstić information content (AvgIpc) is 2.71. The highest BCUT2D eigenvalue weighted by molar-refractivity contribution is 5.33. The summed E-state index contributed by atoms with van der Waals surface area (Å²) < 4.78 is 0. The van der Waals surface area contributed by atoms with E-state index in [0.29, 0.717) is 6.04 Å². The van der Waals surface area contributed by atoms with Crippen molar-refractivity contribution in [1.29, 1.82) is 0 Å². The van der Waals surface area contributed by atoms with Crippen molar-refractivity contribution in [2.75, 3.05) is 38.5 Å². The van der Waals surface area contributed by atoms with Crippen LogP contribution in [0.5, 0.6) is 0 Å². The van der Waals surface area contributed by atoms with Crippen molar-refractivity contribution in [3.63, 3.8) is 0 Å². The van der Waals surface area contributed by atoms with E-state index in [9.17, 15) is 0 Å². The van der Waals surface area contributed by atoms with Crippen LogP contribution < -0.4 is 10.6 Å². The van der Waals surface area contributed by atoms with Gasteiger partial charge in [-0.05, 0) is 25.6 Å². The third-order valence-electron chi connectivity index (χ3n) is 2.86. The molecular formula is C11H20N4. The molecule has 0 amide bonds. The van der Waals surface area contributed by atoms with Crippen LogP contribution in [0.1, 0.15) is 6.42 Å². The first kappa shape index (κ1) is 10.5. The lowest BCUT2D eigenvalue weighted by Crippen LogP contribution is -2.49. The van der Waals surface area contributed by atoms with Gasteiger partial charge in [-0.2, -0.15) is 0 Å². The van der Waals surface area contributed by atoms with Crippen LogP contribution in [0.15, 0.2) is 18.3 Å². The topological polar surface area (TPSA) is 43.1 Å². The maximum absolute atomic E-state index is 3.54. The lowest BCUT2D eigenvalue weighted by molar-refractivity contribution is 0.234. The number of nitrogens with zero attached hydrogens (tertiary/aromatic N) is 1. The Balaban J connectivity index is 1.65. The molecule has 0 aromatic carbocycles. The Morgan fingerprint density at radius 1 is 1.60 bits per heavy atom. The van der Waals surface area contributed by atoms with E-state index in [1.54, 1.807) is 0 Å². The number of likely N-dealkylation sites (N-methyl/N-ethyl adjacent to an activating group) is 1. The van der Waals surface area contributed by atoms with Gasteiger partial charge in [-0.25, -0.2) is 0 Å². The quantitative estimate of drug-likeness (QED) is 0.683. The van der Waals surface area contributed by atoms with Gasteiger partial charge in [0.25, 0.3) is 0 Å². The van der Waals surface area contributed by atoms with Gasteiger partial charge in [-0.15, -0.1) is 0 Å². The third-order valence-corrected chi connectivity index (χ3v) is 2.86. The lowest BCUT2D eigenvalue weighted by Gasteiger charge is -2.30. The van der Waals surface area contributed by atoms with Crippen LogP contribution in [0.2, 0.25) is 0 Å². The number of hydrogen-bond acceptors (Lipinski definition) is 3. The molecular weight excluding hydrogens is 188 g/mol. The first-order valence-electron chi connectivity index (χ1n) is 5.64. The fourth-order valence-electron chi connectivity index (χ4n) is 2.01. The second kappa shape index (κ2) is 5.19. The number of hydrogen-bond donors (Lipinski definition) is 3. The number of aromatic nitrogens is 1. The zero-order valence-electron chi connectivity index (χ0n) is 9.29. The maximum atomic E-state index is 3.54. The summed E-state index contributed by atoms with van der Waals surface area (Å²) in [6.45, 7) is 4.46. The molecule has 0 spiro atoms. The minimum Gasteiger partial charge on any atom is -0.372 e. The number of rotatable bonds is 4. The van der Waals surface area contributed by atoms with Crippen LogP contribution in [0.25, 0.3) is 0 Å². The van der Waals surface area contributed by atoms with Gasteiger partial charge >= 0.3 is 0 Å². The highest BCUT2D eigenvalue weighted by Crippen LogP contribution is 2.04. The van der Waals surface area contributed by atoms with Crippen molar-refractivity contribution < 1.29 is 0 Å². The zero-order valence-corrected chi connectivity index (χ0v) is 9.29. The largest absolute Gasteiger partial charge is 0.372 e. The molecule has 4 heteroatoms. The molecule has 1 aliphatic heterocycles. The van der Waals surface area contributed by atoms with Crippen molar-refractivity contribution in [3.8, 4) is 0 Å². The maximum Gasteiger partial charge on any atom is 0.103 e. The molecule has 0 bridgehead atoms. The first-order valence-corrected chi connectivity index (χ1v) is 5.64. The minimum absolute atomic E-state index is 0.631. The van der Waals surface area contributed by atoms with Crippen LogP contribution in [0, 0.1) is 0 Å². The van der Waals surface area contributed by atoms with Crippen LogP contribution in [-0.4, -0.2) is 49.2 Å². The van der Waals surface area contributed by atoms with Crippen LogP contribution in [0.3, 0.4) is 0 Å². The Kier molecular flexibility index (Phi) is 3.64. The van der Waals surface area contributed by atoms with E-state index in [0.717, 1.165) is 25.5 Å². The van der Waals surface area contributed by atoms with Crippen LogP contribution in [-0.2, 0) is 0 Å². The fourth-order valence-corrected chi connectivity index (χ4v) is 2.01. The molecule has 1 atom stereocenters. The van der Waals surface area contributed by atoms with Gasteiger partial charge in [0.15, 0.2) is 0 Å². The van der Waals surface area contributed by atoms with Gasteiger partial charge in [0, 0.05) is 38.4 Å². The van der Waals surface area contributed by atoms with E-state index in [-0.39, 0.29) is 0 Å². The first-order chi connectivity index (χ1) is 7.34. The Hall–Kier alpha value is -1.00. The highest BCUT2D eigenvalue weighted by atomic mass is 15.2. The van der Waals surface area contributed by atoms with Crippen molar-refractivity contribution in [1.82, 2.24) is 15.2 Å². The molecule has 3 N–H and O–H groups in total. The number of aromatic amines is 1. The van der Waals surface area contributed by atoms with Crippen LogP contribution in [0.4, 0.5) is 5.82 Å². The van der Waals surface area contributed by atoms with Crippen molar-refractivity contribution in [3.05, 3.63) is 18.3 Å². The molecule has 0 radical (unpaired) electrons.